The first-order chi connectivity index (χ1) is 16.3. The van der Waals surface area contributed by atoms with Gasteiger partial charge in [0.2, 0.25) is 10.0 Å². The van der Waals surface area contributed by atoms with Crippen molar-refractivity contribution in [3.63, 3.8) is 0 Å². The molecule has 0 bridgehead atoms. The number of sulfonamides is 1. The summed E-state index contributed by atoms with van der Waals surface area (Å²) in [5, 5.41) is 8.93. The van der Waals surface area contributed by atoms with Crippen molar-refractivity contribution in [3.05, 3.63) is 53.3 Å². The molecule has 180 valence electrons. The second-order valence-electron chi connectivity index (χ2n) is 8.43. The molecule has 0 aromatic heterocycles. The molecule has 10 heteroatoms. The first-order valence-corrected chi connectivity index (χ1v) is 12.9. The number of carbonyl (C=O) groups excluding carboxylic acids is 1. The van der Waals surface area contributed by atoms with Gasteiger partial charge in [-0.3, -0.25) is 4.79 Å². The first-order valence-electron chi connectivity index (χ1n) is 11.5. The molecule has 2 aliphatic rings. The van der Waals surface area contributed by atoms with Crippen LogP contribution in [0.4, 0.5) is 15.8 Å². The lowest BCUT2D eigenvalue weighted by Gasteiger charge is -2.36. The van der Waals surface area contributed by atoms with Gasteiger partial charge in [-0.15, -0.1) is 0 Å². The molecule has 0 aliphatic carbocycles. The molecule has 4 rings (SSSR count). The van der Waals surface area contributed by atoms with Crippen LogP contribution in [-0.4, -0.2) is 65.0 Å². The van der Waals surface area contributed by atoms with E-state index >= 15 is 0 Å². The molecule has 2 aliphatic heterocycles. The maximum Gasteiger partial charge on any atom is 0.256 e. The quantitative estimate of drug-likeness (QED) is 0.676. The lowest BCUT2D eigenvalue weighted by atomic mass is 10.1. The Labute approximate surface area is 199 Å². The van der Waals surface area contributed by atoms with Gasteiger partial charge in [0, 0.05) is 57.2 Å². The van der Waals surface area contributed by atoms with Gasteiger partial charge in [-0.1, -0.05) is 6.92 Å². The Hall–Kier alpha value is -3.16. The van der Waals surface area contributed by atoms with Crippen LogP contribution in [0.3, 0.4) is 0 Å². The Kier molecular flexibility index (Phi) is 7.05. The van der Waals surface area contributed by atoms with Crippen LogP contribution in [0.1, 0.15) is 35.7 Å². The summed E-state index contributed by atoms with van der Waals surface area (Å²) < 4.78 is 41.7. The molecular formula is C24H28FN5O3S. The highest BCUT2D eigenvalue weighted by Crippen LogP contribution is 2.29. The highest BCUT2D eigenvalue weighted by Gasteiger charge is 2.28. The number of nitrogens with one attached hydrogen (secondary N) is 1. The predicted octanol–water partition coefficient (Wildman–Crippen LogP) is 2.56. The standard InChI is InChI=1S/C24H28FN5O3S/c1-2-27-34(32,33)20-7-8-23(29-9-3-4-10-29)21(16-20)24(31)30-13-11-28(12-14-30)19-6-5-18(17-26)22(25)15-19/h5-8,15-16,27H,2-4,9-14H2,1H3. The fourth-order valence-corrected chi connectivity index (χ4v) is 5.56. The van der Waals surface area contributed by atoms with Crippen LogP contribution in [0.2, 0.25) is 0 Å². The van der Waals surface area contributed by atoms with Gasteiger partial charge >= 0.3 is 0 Å². The van der Waals surface area contributed by atoms with Crippen LogP contribution < -0.4 is 14.5 Å². The fraction of sp³-hybridized carbons (Fsp3) is 0.417. The van der Waals surface area contributed by atoms with E-state index in [4.69, 9.17) is 5.26 Å². The Morgan fingerprint density at radius 3 is 2.35 bits per heavy atom. The van der Waals surface area contributed by atoms with Crippen molar-refractivity contribution in [1.29, 1.82) is 5.26 Å². The molecule has 0 spiro atoms. The summed E-state index contributed by atoms with van der Waals surface area (Å²) in [6.45, 7) is 5.49. The molecule has 1 N–H and O–H groups in total. The van der Waals surface area contributed by atoms with Crippen molar-refractivity contribution >= 4 is 27.3 Å². The highest BCUT2D eigenvalue weighted by atomic mass is 32.2. The molecule has 2 saturated heterocycles. The van der Waals surface area contributed by atoms with E-state index in [1.807, 2.05) is 11.0 Å². The van der Waals surface area contributed by atoms with Gasteiger partial charge in [-0.25, -0.2) is 17.5 Å². The van der Waals surface area contributed by atoms with E-state index in [2.05, 4.69) is 9.62 Å². The number of halogens is 1. The zero-order valence-corrected chi connectivity index (χ0v) is 19.9. The normalized spacial score (nSPS) is 16.6. The number of hydrogen-bond acceptors (Lipinski definition) is 6. The van der Waals surface area contributed by atoms with Crippen molar-refractivity contribution in [1.82, 2.24) is 9.62 Å². The van der Waals surface area contributed by atoms with Gasteiger partial charge in [-0.2, -0.15) is 5.26 Å². The van der Waals surface area contributed by atoms with Crippen molar-refractivity contribution < 1.29 is 17.6 Å². The van der Waals surface area contributed by atoms with Crippen LogP contribution in [0, 0.1) is 17.1 Å². The molecule has 2 aromatic rings. The number of amides is 1. The molecule has 2 fully saturated rings. The summed E-state index contributed by atoms with van der Waals surface area (Å²) in [5.41, 5.74) is 1.81. The largest absolute Gasteiger partial charge is 0.371 e. The third-order valence-corrected chi connectivity index (χ3v) is 7.84. The monoisotopic (exact) mass is 485 g/mol. The van der Waals surface area contributed by atoms with Gasteiger partial charge in [0.15, 0.2) is 0 Å². The van der Waals surface area contributed by atoms with Crippen molar-refractivity contribution in [2.24, 2.45) is 0 Å². The lowest BCUT2D eigenvalue weighted by Crippen LogP contribution is -2.49. The SMILES string of the molecule is CCNS(=O)(=O)c1ccc(N2CCCC2)c(C(=O)N2CCN(c3ccc(C#N)c(F)c3)CC2)c1. The van der Waals surface area contributed by atoms with E-state index in [1.165, 1.54) is 18.2 Å². The molecule has 0 unspecified atom stereocenters. The lowest BCUT2D eigenvalue weighted by molar-refractivity contribution is 0.0747. The highest BCUT2D eigenvalue weighted by molar-refractivity contribution is 7.89. The van der Waals surface area contributed by atoms with E-state index in [1.54, 1.807) is 30.0 Å². The van der Waals surface area contributed by atoms with Gasteiger partial charge in [0.1, 0.15) is 11.9 Å². The fourth-order valence-electron chi connectivity index (χ4n) is 4.49. The smallest absolute Gasteiger partial charge is 0.256 e. The number of benzene rings is 2. The summed E-state index contributed by atoms with van der Waals surface area (Å²) in [6.07, 6.45) is 2.07. The summed E-state index contributed by atoms with van der Waals surface area (Å²) in [4.78, 5) is 19.5. The number of nitriles is 1. The summed E-state index contributed by atoms with van der Waals surface area (Å²) in [7, 11) is -3.70. The maximum atomic E-state index is 14.0. The van der Waals surface area contributed by atoms with Crippen LogP contribution in [0.15, 0.2) is 41.3 Å². The van der Waals surface area contributed by atoms with Crippen LogP contribution in [-0.2, 0) is 10.0 Å². The van der Waals surface area contributed by atoms with Crippen LogP contribution in [0.25, 0.3) is 0 Å². The van der Waals surface area contributed by atoms with Crippen LogP contribution >= 0.6 is 0 Å². The minimum absolute atomic E-state index is 0.000553. The third kappa shape index (κ3) is 4.86. The minimum atomic E-state index is -3.70. The van der Waals surface area contributed by atoms with E-state index < -0.39 is 15.8 Å². The second kappa shape index (κ2) is 9.99. The van der Waals surface area contributed by atoms with Crippen LogP contribution in [0.5, 0.6) is 0 Å². The molecule has 8 nitrogen and oxygen atoms in total. The first kappa shape index (κ1) is 24.0. The number of nitrogens with zero attached hydrogens (tertiary/aromatic N) is 4. The molecule has 0 atom stereocenters. The summed E-state index contributed by atoms with van der Waals surface area (Å²) in [5.74, 6) is -0.770. The number of anilines is 2. The van der Waals surface area contributed by atoms with Crippen molar-refractivity contribution in [2.45, 2.75) is 24.7 Å². The second-order valence-corrected chi connectivity index (χ2v) is 10.2. The Morgan fingerprint density at radius 2 is 1.74 bits per heavy atom. The minimum Gasteiger partial charge on any atom is -0.371 e. The molecule has 1 amide bonds. The molecule has 0 radical (unpaired) electrons. The zero-order chi connectivity index (χ0) is 24.3. The summed E-state index contributed by atoms with van der Waals surface area (Å²) >= 11 is 0. The average Bonchev–Trinajstić information content (AvgIpc) is 3.38. The van der Waals surface area contributed by atoms with Gasteiger partial charge < -0.3 is 14.7 Å². The molecule has 2 heterocycles. The molecular weight excluding hydrogens is 457 g/mol. The molecule has 0 saturated carbocycles. The predicted molar refractivity (Wildman–Crippen MR) is 128 cm³/mol. The summed E-state index contributed by atoms with van der Waals surface area (Å²) in [6, 6.07) is 11.1. The topological polar surface area (TPSA) is 96.8 Å². The third-order valence-electron chi connectivity index (χ3n) is 6.29. The Bertz CT molecular complexity index is 1210. The number of hydrogen-bond donors (Lipinski definition) is 1. The number of rotatable bonds is 6. The van der Waals surface area contributed by atoms with Gasteiger partial charge in [-0.05, 0) is 49.2 Å². The Morgan fingerprint density at radius 1 is 1.03 bits per heavy atom. The molecule has 34 heavy (non-hydrogen) atoms. The van der Waals surface area contributed by atoms with Crippen molar-refractivity contribution in [3.8, 4) is 6.07 Å². The maximum absolute atomic E-state index is 14.0. The van der Waals surface area contributed by atoms with E-state index in [9.17, 15) is 17.6 Å². The number of carbonyl (C=O) groups is 1. The van der Waals surface area contributed by atoms with Gasteiger partial charge in [0.05, 0.1) is 16.0 Å². The van der Waals surface area contributed by atoms with E-state index in [-0.39, 0.29) is 22.9 Å². The van der Waals surface area contributed by atoms with Crippen molar-refractivity contribution in [2.75, 3.05) is 55.6 Å². The van der Waals surface area contributed by atoms with E-state index in [0.717, 1.165) is 31.6 Å². The zero-order valence-electron chi connectivity index (χ0n) is 19.1. The number of piperazine rings is 1. The van der Waals surface area contributed by atoms with Gasteiger partial charge in [0.25, 0.3) is 5.91 Å². The van der Waals surface area contributed by atoms with E-state index in [0.29, 0.717) is 37.4 Å². The average molecular weight is 486 g/mol. The Balaban J connectivity index is 1.56. The molecule has 2 aromatic carbocycles.